The summed E-state index contributed by atoms with van der Waals surface area (Å²) in [7, 11) is 0. The molecule has 2 N–H and O–H groups in total. The molecular weight excluding hydrogens is 353 g/mol. The number of hydrogen-bond acceptors (Lipinski definition) is 3. The zero-order valence-electron chi connectivity index (χ0n) is 13.0. The Morgan fingerprint density at radius 2 is 1.74 bits per heavy atom. The molecule has 2 rings (SSSR count). The van der Waals surface area contributed by atoms with E-state index in [9.17, 15) is 0 Å². The van der Waals surface area contributed by atoms with Gasteiger partial charge in [0.1, 0.15) is 0 Å². The number of halogens is 3. The summed E-state index contributed by atoms with van der Waals surface area (Å²) in [5, 5.41) is 8.31. The second-order valence-electron chi connectivity index (χ2n) is 5.14. The van der Waals surface area contributed by atoms with Gasteiger partial charge in [-0.15, -0.1) is 0 Å². The lowest BCUT2D eigenvalue weighted by Gasteiger charge is -2.21. The second-order valence-corrected chi connectivity index (χ2v) is 6.42. The number of nitrogens with zero attached hydrogens (tertiary/aromatic N) is 2. The van der Waals surface area contributed by atoms with Gasteiger partial charge in [-0.2, -0.15) is 5.10 Å². The average molecular weight is 371 g/mol. The molecule has 0 saturated heterocycles. The Hall–Kier alpha value is -1.42. The molecule has 23 heavy (non-hydrogen) atoms. The molecule has 0 aliphatic heterocycles. The lowest BCUT2D eigenvalue weighted by atomic mass is 10.1. The van der Waals surface area contributed by atoms with Gasteiger partial charge >= 0.3 is 0 Å². The van der Waals surface area contributed by atoms with E-state index in [0.717, 1.165) is 29.9 Å². The molecule has 2 aromatic rings. The Bertz CT molecular complexity index is 729. The van der Waals surface area contributed by atoms with Crippen molar-refractivity contribution in [2.24, 2.45) is 5.10 Å². The SMILES string of the molecule is CCCN(/N=C(\C)c1cc(Cl)ccc1N)c1ccc(Cl)cc1Cl. The molecule has 0 spiro atoms. The summed E-state index contributed by atoms with van der Waals surface area (Å²) in [6.07, 6.45) is 0.917. The molecule has 0 unspecified atom stereocenters. The summed E-state index contributed by atoms with van der Waals surface area (Å²) in [5.41, 5.74) is 9.04. The molecule has 0 radical (unpaired) electrons. The molecule has 0 aromatic heterocycles. The zero-order chi connectivity index (χ0) is 17.0. The first-order chi connectivity index (χ1) is 10.9. The third-order valence-electron chi connectivity index (χ3n) is 3.30. The van der Waals surface area contributed by atoms with E-state index in [0.29, 0.717) is 20.8 Å². The van der Waals surface area contributed by atoms with Gasteiger partial charge < -0.3 is 5.73 Å². The van der Waals surface area contributed by atoms with Crippen molar-refractivity contribution < 1.29 is 0 Å². The van der Waals surface area contributed by atoms with Crippen LogP contribution in [-0.2, 0) is 0 Å². The van der Waals surface area contributed by atoms with Gasteiger partial charge in [0.2, 0.25) is 0 Å². The minimum atomic E-state index is 0.557. The van der Waals surface area contributed by atoms with Crippen LogP contribution in [0.1, 0.15) is 25.8 Å². The lowest BCUT2D eigenvalue weighted by Crippen LogP contribution is -2.20. The van der Waals surface area contributed by atoms with Gasteiger partial charge in [-0.1, -0.05) is 41.7 Å². The van der Waals surface area contributed by atoms with Crippen LogP contribution in [0, 0.1) is 0 Å². The van der Waals surface area contributed by atoms with Crippen LogP contribution in [0.4, 0.5) is 11.4 Å². The van der Waals surface area contributed by atoms with Crippen molar-refractivity contribution in [1.82, 2.24) is 0 Å². The van der Waals surface area contributed by atoms with Gasteiger partial charge in [0, 0.05) is 27.8 Å². The van der Waals surface area contributed by atoms with Crippen molar-refractivity contribution in [1.29, 1.82) is 0 Å². The molecule has 0 saturated carbocycles. The van der Waals surface area contributed by atoms with Crippen molar-refractivity contribution in [2.75, 3.05) is 17.3 Å². The molecule has 0 fully saturated rings. The van der Waals surface area contributed by atoms with Crippen molar-refractivity contribution in [3.63, 3.8) is 0 Å². The predicted octanol–water partition coefficient (Wildman–Crippen LogP) is 5.87. The molecule has 0 atom stereocenters. The van der Waals surface area contributed by atoms with Crippen LogP contribution in [0.2, 0.25) is 15.1 Å². The number of benzene rings is 2. The second kappa shape index (κ2) is 7.91. The van der Waals surface area contributed by atoms with Crippen LogP contribution in [0.5, 0.6) is 0 Å². The topological polar surface area (TPSA) is 41.6 Å². The fourth-order valence-corrected chi connectivity index (χ4v) is 2.88. The van der Waals surface area contributed by atoms with E-state index >= 15 is 0 Å². The average Bonchev–Trinajstić information content (AvgIpc) is 2.49. The van der Waals surface area contributed by atoms with Crippen molar-refractivity contribution >= 4 is 51.9 Å². The maximum Gasteiger partial charge on any atom is 0.0781 e. The monoisotopic (exact) mass is 369 g/mol. The molecule has 0 heterocycles. The van der Waals surface area contributed by atoms with Crippen LogP contribution < -0.4 is 10.7 Å². The van der Waals surface area contributed by atoms with E-state index in [4.69, 9.17) is 40.5 Å². The van der Waals surface area contributed by atoms with E-state index in [1.165, 1.54) is 0 Å². The number of anilines is 2. The van der Waals surface area contributed by atoms with Crippen LogP contribution >= 0.6 is 34.8 Å². The predicted molar refractivity (Wildman–Crippen MR) is 102 cm³/mol. The van der Waals surface area contributed by atoms with E-state index in [2.05, 4.69) is 12.0 Å². The van der Waals surface area contributed by atoms with Crippen LogP contribution in [0.15, 0.2) is 41.5 Å². The van der Waals surface area contributed by atoms with Crippen LogP contribution in [-0.4, -0.2) is 12.3 Å². The van der Waals surface area contributed by atoms with Crippen molar-refractivity contribution in [2.45, 2.75) is 20.3 Å². The smallest absolute Gasteiger partial charge is 0.0781 e. The van der Waals surface area contributed by atoms with Crippen molar-refractivity contribution in [3.05, 3.63) is 57.0 Å². The van der Waals surface area contributed by atoms with Gasteiger partial charge in [-0.05, 0) is 49.7 Å². The number of nitrogens with two attached hydrogens (primary N) is 1. The maximum absolute atomic E-state index is 6.30. The van der Waals surface area contributed by atoms with E-state index < -0.39 is 0 Å². The van der Waals surface area contributed by atoms with E-state index in [1.807, 2.05) is 24.1 Å². The molecule has 3 nitrogen and oxygen atoms in total. The first-order valence-corrected chi connectivity index (χ1v) is 8.39. The fourth-order valence-electron chi connectivity index (χ4n) is 2.20. The van der Waals surface area contributed by atoms with Gasteiger partial charge in [0.25, 0.3) is 0 Å². The highest BCUT2D eigenvalue weighted by molar-refractivity contribution is 6.36. The number of rotatable bonds is 5. The van der Waals surface area contributed by atoms with Crippen LogP contribution in [0.3, 0.4) is 0 Å². The molecule has 0 amide bonds. The third kappa shape index (κ3) is 4.54. The molecule has 0 aliphatic carbocycles. The number of hydrazone groups is 1. The molecule has 2 aromatic carbocycles. The molecule has 122 valence electrons. The van der Waals surface area contributed by atoms with Gasteiger partial charge in [0.05, 0.1) is 16.4 Å². The first-order valence-electron chi connectivity index (χ1n) is 7.25. The highest BCUT2D eigenvalue weighted by Gasteiger charge is 2.12. The van der Waals surface area contributed by atoms with E-state index in [-0.39, 0.29) is 0 Å². The summed E-state index contributed by atoms with van der Waals surface area (Å²) < 4.78 is 0. The Labute approximate surface area is 151 Å². The Balaban J connectivity index is 2.43. The van der Waals surface area contributed by atoms with E-state index in [1.54, 1.807) is 24.3 Å². The first kappa shape index (κ1) is 17.9. The fraction of sp³-hybridized carbons (Fsp3) is 0.235. The summed E-state index contributed by atoms with van der Waals surface area (Å²) in [6, 6.07) is 10.7. The highest BCUT2D eigenvalue weighted by Crippen LogP contribution is 2.30. The Morgan fingerprint density at radius 3 is 2.39 bits per heavy atom. The molecular formula is C17H18Cl3N3. The normalized spacial score (nSPS) is 11.6. The van der Waals surface area contributed by atoms with Gasteiger partial charge in [-0.25, -0.2) is 0 Å². The molecule has 6 heteroatoms. The molecule has 0 bridgehead atoms. The zero-order valence-corrected chi connectivity index (χ0v) is 15.3. The summed E-state index contributed by atoms with van der Waals surface area (Å²) in [4.78, 5) is 0. The lowest BCUT2D eigenvalue weighted by molar-refractivity contribution is 0.806. The van der Waals surface area contributed by atoms with Gasteiger partial charge in [0.15, 0.2) is 0 Å². The quantitative estimate of drug-likeness (QED) is 0.406. The highest BCUT2D eigenvalue weighted by atomic mass is 35.5. The molecule has 0 aliphatic rings. The van der Waals surface area contributed by atoms with Gasteiger partial charge in [-0.3, -0.25) is 5.01 Å². The summed E-state index contributed by atoms with van der Waals surface area (Å²) >= 11 is 18.3. The van der Waals surface area contributed by atoms with Crippen LogP contribution in [0.25, 0.3) is 0 Å². The number of nitrogen functional groups attached to an aromatic ring is 1. The third-order valence-corrected chi connectivity index (χ3v) is 4.07. The summed E-state index contributed by atoms with van der Waals surface area (Å²) in [5.74, 6) is 0. The minimum absolute atomic E-state index is 0.557. The Kier molecular flexibility index (Phi) is 6.17. The number of hydrogen-bond donors (Lipinski definition) is 1. The largest absolute Gasteiger partial charge is 0.398 e. The summed E-state index contributed by atoms with van der Waals surface area (Å²) in [6.45, 7) is 4.70. The van der Waals surface area contributed by atoms with Crippen molar-refractivity contribution in [3.8, 4) is 0 Å². The standard InChI is InChI=1S/C17H18Cl3N3/c1-3-8-23(17-7-5-13(19)10-15(17)20)22-11(2)14-9-12(18)4-6-16(14)21/h4-7,9-10H,3,8,21H2,1-2H3/b22-11+. The Morgan fingerprint density at radius 1 is 1.09 bits per heavy atom. The minimum Gasteiger partial charge on any atom is -0.398 e. The maximum atomic E-state index is 6.30.